The van der Waals surface area contributed by atoms with Crippen LogP contribution in [-0.4, -0.2) is 12.0 Å². The highest BCUT2D eigenvalue weighted by Crippen LogP contribution is 2.29. The van der Waals surface area contributed by atoms with Crippen LogP contribution in [0.5, 0.6) is 0 Å². The molecule has 0 fully saturated rings. The lowest BCUT2D eigenvalue weighted by molar-refractivity contribution is -0.122. The second-order valence-electron chi connectivity index (χ2n) is 5.30. The molecule has 1 N–H and O–H groups in total. The van der Waals surface area contributed by atoms with Gasteiger partial charge < -0.3 is 5.32 Å². The van der Waals surface area contributed by atoms with Gasteiger partial charge in [-0.1, -0.05) is 36.7 Å². The van der Waals surface area contributed by atoms with Crippen molar-refractivity contribution in [2.24, 2.45) is 5.41 Å². The van der Waals surface area contributed by atoms with Crippen LogP contribution >= 0.6 is 15.9 Å². The summed E-state index contributed by atoms with van der Waals surface area (Å²) in [5.74, 6) is -0.588. The van der Waals surface area contributed by atoms with Crippen molar-refractivity contribution in [3.63, 3.8) is 0 Å². The van der Waals surface area contributed by atoms with E-state index in [-0.39, 0.29) is 5.69 Å². The molecule has 0 saturated heterocycles. The maximum Gasteiger partial charge on any atom is 0.431 e. The van der Waals surface area contributed by atoms with Crippen molar-refractivity contribution in [2.45, 2.75) is 26.9 Å². The SMILES string of the molecule is CC(C)(C)C(=O)C=C(Nc1ccc(Br)cc1)C(F)(F)F. The first-order valence-corrected chi connectivity index (χ1v) is 6.65. The standard InChI is InChI=1S/C14H15BrF3NO/c1-13(2,3)12(20)8-11(14(16,17)18)19-10-6-4-9(15)5-7-10/h4-8,19H,1-3H3. The third kappa shape index (κ3) is 5.00. The molecule has 0 bridgehead atoms. The Hall–Kier alpha value is -1.30. The summed E-state index contributed by atoms with van der Waals surface area (Å²) >= 11 is 3.20. The fourth-order valence-corrected chi connectivity index (χ4v) is 1.49. The van der Waals surface area contributed by atoms with Crippen LogP contribution in [0.15, 0.2) is 40.5 Å². The van der Waals surface area contributed by atoms with Crippen molar-refractivity contribution in [3.05, 3.63) is 40.5 Å². The number of hydrogen-bond donors (Lipinski definition) is 1. The first-order chi connectivity index (χ1) is 9.00. The summed E-state index contributed by atoms with van der Waals surface area (Å²) < 4.78 is 39.6. The minimum Gasteiger partial charge on any atom is -0.351 e. The Morgan fingerprint density at radius 2 is 1.65 bits per heavy atom. The lowest BCUT2D eigenvalue weighted by Gasteiger charge is -2.18. The Balaban J connectivity index is 3.06. The number of alkyl halides is 3. The molecule has 0 aliphatic heterocycles. The molecular weight excluding hydrogens is 335 g/mol. The van der Waals surface area contributed by atoms with Crippen LogP contribution in [0.2, 0.25) is 0 Å². The quantitative estimate of drug-likeness (QED) is 0.784. The molecule has 0 aliphatic rings. The van der Waals surface area contributed by atoms with Crippen LogP contribution in [0, 0.1) is 5.41 Å². The van der Waals surface area contributed by atoms with E-state index in [4.69, 9.17) is 0 Å². The minimum absolute atomic E-state index is 0.262. The first kappa shape index (κ1) is 16.8. The molecule has 0 atom stereocenters. The first-order valence-electron chi connectivity index (χ1n) is 5.86. The summed E-state index contributed by atoms with van der Waals surface area (Å²) in [6, 6.07) is 6.21. The van der Waals surface area contributed by atoms with E-state index < -0.39 is 23.1 Å². The highest BCUT2D eigenvalue weighted by molar-refractivity contribution is 9.10. The Morgan fingerprint density at radius 1 is 1.15 bits per heavy atom. The van der Waals surface area contributed by atoms with Gasteiger partial charge in [0, 0.05) is 21.7 Å². The third-order valence-electron chi connectivity index (χ3n) is 2.44. The average molecular weight is 350 g/mol. The van der Waals surface area contributed by atoms with Crippen molar-refractivity contribution < 1.29 is 18.0 Å². The molecule has 0 unspecified atom stereocenters. The van der Waals surface area contributed by atoms with Gasteiger partial charge in [0.15, 0.2) is 5.78 Å². The van der Waals surface area contributed by atoms with Gasteiger partial charge in [-0.25, -0.2) is 0 Å². The van der Waals surface area contributed by atoms with Crippen molar-refractivity contribution in [2.75, 3.05) is 5.32 Å². The minimum atomic E-state index is -4.62. The zero-order valence-electron chi connectivity index (χ0n) is 11.3. The summed E-state index contributed by atoms with van der Waals surface area (Å²) in [4.78, 5) is 11.7. The zero-order valence-corrected chi connectivity index (χ0v) is 12.9. The van der Waals surface area contributed by atoms with E-state index in [1.807, 2.05) is 0 Å². The lowest BCUT2D eigenvalue weighted by atomic mass is 9.90. The van der Waals surface area contributed by atoms with Crippen LogP contribution in [0.25, 0.3) is 0 Å². The Morgan fingerprint density at radius 3 is 2.05 bits per heavy atom. The van der Waals surface area contributed by atoms with Gasteiger partial charge in [-0.15, -0.1) is 0 Å². The van der Waals surface area contributed by atoms with Gasteiger partial charge in [-0.05, 0) is 24.3 Å². The Kier molecular flexibility index (Phi) is 5.02. The highest BCUT2D eigenvalue weighted by atomic mass is 79.9. The van der Waals surface area contributed by atoms with E-state index in [2.05, 4.69) is 21.2 Å². The Labute approximate surface area is 124 Å². The predicted molar refractivity (Wildman–Crippen MR) is 76.4 cm³/mol. The van der Waals surface area contributed by atoms with Crippen LogP contribution in [0.1, 0.15) is 20.8 Å². The molecule has 1 aromatic rings. The second-order valence-corrected chi connectivity index (χ2v) is 6.22. The monoisotopic (exact) mass is 349 g/mol. The number of halogens is 4. The summed E-state index contributed by atoms with van der Waals surface area (Å²) in [5.41, 5.74) is -1.67. The highest BCUT2D eigenvalue weighted by Gasteiger charge is 2.35. The number of carbonyl (C=O) groups excluding carboxylic acids is 1. The molecule has 6 heteroatoms. The summed E-state index contributed by atoms with van der Waals surface area (Å²) in [7, 11) is 0. The summed E-state index contributed by atoms with van der Waals surface area (Å²) in [5, 5.41) is 2.24. The van der Waals surface area contributed by atoms with Crippen LogP contribution in [-0.2, 0) is 4.79 Å². The number of rotatable bonds is 3. The van der Waals surface area contributed by atoms with Gasteiger partial charge in [0.2, 0.25) is 0 Å². The molecule has 110 valence electrons. The molecule has 0 radical (unpaired) electrons. The molecule has 0 amide bonds. The van der Waals surface area contributed by atoms with E-state index >= 15 is 0 Å². The zero-order chi connectivity index (χ0) is 15.6. The van der Waals surface area contributed by atoms with Crippen molar-refractivity contribution >= 4 is 27.4 Å². The maximum atomic E-state index is 12.9. The number of anilines is 1. The molecule has 1 rings (SSSR count). The maximum absolute atomic E-state index is 12.9. The Bertz CT molecular complexity index is 513. The van der Waals surface area contributed by atoms with Gasteiger partial charge in [0.25, 0.3) is 0 Å². The van der Waals surface area contributed by atoms with Gasteiger partial charge >= 0.3 is 6.18 Å². The topological polar surface area (TPSA) is 29.1 Å². The number of benzene rings is 1. The molecule has 1 aromatic carbocycles. The average Bonchev–Trinajstić information content (AvgIpc) is 2.28. The van der Waals surface area contributed by atoms with Crippen LogP contribution in [0.3, 0.4) is 0 Å². The molecule has 0 heterocycles. The summed E-state index contributed by atoms with van der Waals surface area (Å²) in [6.45, 7) is 4.71. The second kappa shape index (κ2) is 5.99. The van der Waals surface area contributed by atoms with Gasteiger partial charge in [-0.2, -0.15) is 13.2 Å². The van der Waals surface area contributed by atoms with E-state index in [0.717, 1.165) is 4.47 Å². The smallest absolute Gasteiger partial charge is 0.351 e. The van der Waals surface area contributed by atoms with Gasteiger partial charge in [0.1, 0.15) is 5.70 Å². The van der Waals surface area contributed by atoms with Crippen molar-refractivity contribution in [3.8, 4) is 0 Å². The molecule has 20 heavy (non-hydrogen) atoms. The summed E-state index contributed by atoms with van der Waals surface area (Å²) in [6.07, 6.45) is -4.00. The van der Waals surface area contributed by atoms with Crippen LogP contribution in [0.4, 0.5) is 18.9 Å². The van der Waals surface area contributed by atoms with Gasteiger partial charge in [-0.3, -0.25) is 4.79 Å². The molecule has 0 aliphatic carbocycles. The number of hydrogen-bond acceptors (Lipinski definition) is 2. The number of nitrogens with one attached hydrogen (secondary N) is 1. The molecular formula is C14H15BrF3NO. The normalized spacial score (nSPS) is 13.2. The molecule has 0 saturated carbocycles. The fourth-order valence-electron chi connectivity index (χ4n) is 1.23. The largest absolute Gasteiger partial charge is 0.431 e. The fraction of sp³-hybridized carbons (Fsp3) is 0.357. The van der Waals surface area contributed by atoms with E-state index in [9.17, 15) is 18.0 Å². The predicted octanol–water partition coefficient (Wildman–Crippen LogP) is 4.92. The lowest BCUT2D eigenvalue weighted by Crippen LogP contribution is -2.24. The van der Waals surface area contributed by atoms with Crippen LogP contribution < -0.4 is 5.32 Å². The van der Waals surface area contributed by atoms with Crippen molar-refractivity contribution in [1.82, 2.24) is 0 Å². The molecule has 2 nitrogen and oxygen atoms in total. The van der Waals surface area contributed by atoms with E-state index in [0.29, 0.717) is 6.08 Å². The number of carbonyl (C=O) groups is 1. The van der Waals surface area contributed by atoms with Crippen molar-refractivity contribution in [1.29, 1.82) is 0 Å². The third-order valence-corrected chi connectivity index (χ3v) is 2.97. The van der Waals surface area contributed by atoms with E-state index in [1.165, 1.54) is 12.1 Å². The van der Waals surface area contributed by atoms with E-state index in [1.54, 1.807) is 32.9 Å². The molecule has 0 aromatic heterocycles. The van der Waals surface area contributed by atoms with Gasteiger partial charge in [0.05, 0.1) is 0 Å². The molecule has 0 spiro atoms. The number of allylic oxidation sites excluding steroid dienone is 2. The number of ketones is 1.